The van der Waals surface area contributed by atoms with Gasteiger partial charge in [0.15, 0.2) is 0 Å². The smallest absolute Gasteiger partial charge is 0.315 e. The monoisotopic (exact) mass is 485 g/mol. The van der Waals surface area contributed by atoms with Gasteiger partial charge in [-0.25, -0.2) is 9.18 Å². The lowest BCUT2D eigenvalue weighted by Gasteiger charge is -2.37. The number of likely N-dealkylation sites (tertiary alicyclic amines) is 1. The molecule has 8 heteroatoms. The van der Waals surface area contributed by atoms with Gasteiger partial charge in [0.2, 0.25) is 0 Å². The number of alkyl halides is 1. The molecule has 2 aromatic carbocycles. The lowest BCUT2D eigenvalue weighted by molar-refractivity contribution is -0.134. The minimum Gasteiger partial charge on any atom is -0.493 e. The van der Waals surface area contributed by atoms with Crippen LogP contribution in [0, 0.1) is 11.8 Å². The Labute approximate surface area is 207 Å². The predicted molar refractivity (Wildman–Crippen MR) is 133 cm³/mol. The summed E-state index contributed by atoms with van der Waals surface area (Å²) in [5.41, 5.74) is 0.817. The highest BCUT2D eigenvalue weighted by Crippen LogP contribution is 2.33. The molecular weight excluding hydrogens is 449 g/mol. The third-order valence-electron chi connectivity index (χ3n) is 5.92. The Bertz CT molecular complexity index is 939. The largest absolute Gasteiger partial charge is 0.493 e. The summed E-state index contributed by atoms with van der Waals surface area (Å²) >= 11 is 0. The van der Waals surface area contributed by atoms with Crippen LogP contribution in [-0.2, 0) is 4.79 Å². The van der Waals surface area contributed by atoms with Crippen molar-refractivity contribution in [3.8, 4) is 11.5 Å². The first-order valence-electron chi connectivity index (χ1n) is 12.2. The van der Waals surface area contributed by atoms with Crippen LogP contribution >= 0.6 is 0 Å². The Kier molecular flexibility index (Phi) is 9.90. The zero-order chi connectivity index (χ0) is 25.2. The van der Waals surface area contributed by atoms with E-state index in [1.54, 1.807) is 24.3 Å². The van der Waals surface area contributed by atoms with E-state index in [0.717, 1.165) is 17.9 Å². The third-order valence-corrected chi connectivity index (χ3v) is 5.92. The van der Waals surface area contributed by atoms with Gasteiger partial charge < -0.3 is 25.0 Å². The molecule has 2 amide bonds. The van der Waals surface area contributed by atoms with E-state index in [1.807, 2.05) is 42.3 Å². The number of carbonyl (C=O) groups excluding carboxylic acids is 2. The Balaban J connectivity index is 1.59. The topological polar surface area (TPSA) is 79.9 Å². The Hall–Kier alpha value is -3.13. The second kappa shape index (κ2) is 13.1. The molecule has 0 aromatic heterocycles. The second-order valence-corrected chi connectivity index (χ2v) is 9.42. The number of benzene rings is 2. The molecule has 3 unspecified atom stereocenters. The van der Waals surface area contributed by atoms with Crippen molar-refractivity contribution in [2.75, 3.05) is 33.3 Å². The van der Waals surface area contributed by atoms with Crippen LogP contribution in [0.4, 0.5) is 9.18 Å². The number of para-hydroxylation sites is 1. The van der Waals surface area contributed by atoms with E-state index in [4.69, 9.17) is 9.47 Å². The number of urea groups is 1. The molecule has 2 aromatic rings. The van der Waals surface area contributed by atoms with Crippen LogP contribution in [0.2, 0.25) is 0 Å². The summed E-state index contributed by atoms with van der Waals surface area (Å²) in [6.45, 7) is 5.96. The van der Waals surface area contributed by atoms with Gasteiger partial charge in [-0.1, -0.05) is 44.2 Å². The first kappa shape index (κ1) is 26.5. The number of amides is 2. The van der Waals surface area contributed by atoms with E-state index in [1.165, 1.54) is 0 Å². The summed E-state index contributed by atoms with van der Waals surface area (Å²) in [5, 5.41) is 5.64. The summed E-state index contributed by atoms with van der Waals surface area (Å²) in [6, 6.07) is 15.3. The standard InChI is InChI=1S/C27H36FN3O4/c1-19(2)18-34-21-11-9-20(10-12-21)26(23-14-16-31(3)17-24(23)28)30-27(33)29-15-13-25(32)35-22-7-5-4-6-8-22/h4-12,19,23-24,26H,13-18H2,1-3H3,(H2,29,30,33). The molecule has 3 atom stereocenters. The van der Waals surface area contributed by atoms with Crippen molar-refractivity contribution in [1.82, 2.24) is 15.5 Å². The van der Waals surface area contributed by atoms with Crippen molar-refractivity contribution in [1.29, 1.82) is 0 Å². The molecule has 7 nitrogen and oxygen atoms in total. The van der Waals surface area contributed by atoms with Crippen LogP contribution in [0.1, 0.15) is 38.3 Å². The number of piperidine rings is 1. The molecular formula is C27H36FN3O4. The van der Waals surface area contributed by atoms with Gasteiger partial charge in [-0.05, 0) is 55.8 Å². The van der Waals surface area contributed by atoms with E-state index in [2.05, 4.69) is 24.5 Å². The van der Waals surface area contributed by atoms with Crippen molar-refractivity contribution >= 4 is 12.0 Å². The molecule has 1 fully saturated rings. The molecule has 190 valence electrons. The molecule has 0 bridgehead atoms. The quantitative estimate of drug-likeness (QED) is 0.386. The first-order chi connectivity index (χ1) is 16.8. The highest BCUT2D eigenvalue weighted by molar-refractivity contribution is 5.76. The lowest BCUT2D eigenvalue weighted by Crippen LogP contribution is -2.48. The van der Waals surface area contributed by atoms with E-state index in [9.17, 15) is 9.59 Å². The molecule has 0 aliphatic carbocycles. The van der Waals surface area contributed by atoms with Crippen LogP contribution in [0.25, 0.3) is 0 Å². The fourth-order valence-corrected chi connectivity index (χ4v) is 4.06. The summed E-state index contributed by atoms with van der Waals surface area (Å²) in [6.07, 6.45) is -0.427. The SMILES string of the molecule is CC(C)COc1ccc(C(NC(=O)NCCC(=O)Oc2ccccc2)C2CCN(C)CC2F)cc1. The van der Waals surface area contributed by atoms with Gasteiger partial charge in [0.25, 0.3) is 0 Å². The predicted octanol–water partition coefficient (Wildman–Crippen LogP) is 4.35. The number of nitrogens with one attached hydrogen (secondary N) is 2. The summed E-state index contributed by atoms with van der Waals surface area (Å²) < 4.78 is 26.0. The average Bonchev–Trinajstić information content (AvgIpc) is 2.82. The normalized spacial score (nSPS) is 19.1. The molecule has 1 aliphatic rings. The van der Waals surface area contributed by atoms with E-state index >= 15 is 4.39 Å². The molecule has 0 spiro atoms. The molecule has 1 aliphatic heterocycles. The molecule has 35 heavy (non-hydrogen) atoms. The average molecular weight is 486 g/mol. The van der Waals surface area contributed by atoms with Gasteiger partial charge in [0.05, 0.1) is 19.1 Å². The maximum absolute atomic E-state index is 15.0. The minimum atomic E-state index is -1.07. The van der Waals surface area contributed by atoms with E-state index in [0.29, 0.717) is 31.2 Å². The van der Waals surface area contributed by atoms with Crippen LogP contribution in [-0.4, -0.2) is 56.4 Å². The Morgan fingerprint density at radius 1 is 1.09 bits per heavy atom. The lowest BCUT2D eigenvalue weighted by atomic mass is 9.84. The number of rotatable bonds is 10. The summed E-state index contributed by atoms with van der Waals surface area (Å²) in [5.74, 6) is 0.803. The van der Waals surface area contributed by atoms with Gasteiger partial charge in [0.1, 0.15) is 17.7 Å². The number of nitrogens with zero attached hydrogens (tertiary/aromatic N) is 1. The van der Waals surface area contributed by atoms with Crippen LogP contribution in [0.3, 0.4) is 0 Å². The highest BCUT2D eigenvalue weighted by atomic mass is 19.1. The number of hydrogen-bond acceptors (Lipinski definition) is 5. The third kappa shape index (κ3) is 8.55. The maximum atomic E-state index is 15.0. The number of ether oxygens (including phenoxy) is 2. The van der Waals surface area contributed by atoms with Crippen molar-refractivity contribution in [2.45, 2.75) is 38.9 Å². The van der Waals surface area contributed by atoms with Crippen molar-refractivity contribution < 1.29 is 23.5 Å². The van der Waals surface area contributed by atoms with Gasteiger partial charge >= 0.3 is 12.0 Å². The first-order valence-corrected chi connectivity index (χ1v) is 12.2. The van der Waals surface area contributed by atoms with Crippen LogP contribution < -0.4 is 20.1 Å². The fourth-order valence-electron chi connectivity index (χ4n) is 4.06. The van der Waals surface area contributed by atoms with Crippen molar-refractivity contribution in [2.24, 2.45) is 11.8 Å². The minimum absolute atomic E-state index is 0.0226. The van der Waals surface area contributed by atoms with Gasteiger partial charge in [-0.2, -0.15) is 0 Å². The summed E-state index contributed by atoms with van der Waals surface area (Å²) in [4.78, 5) is 26.7. The molecule has 2 N–H and O–H groups in total. The molecule has 1 saturated heterocycles. The molecule has 3 rings (SSSR count). The number of hydrogen-bond donors (Lipinski definition) is 2. The van der Waals surface area contributed by atoms with E-state index < -0.39 is 24.2 Å². The number of esters is 1. The number of carbonyl (C=O) groups is 2. The van der Waals surface area contributed by atoms with Crippen molar-refractivity contribution in [3.05, 3.63) is 60.2 Å². The van der Waals surface area contributed by atoms with Crippen LogP contribution in [0.5, 0.6) is 11.5 Å². The number of halogens is 1. The zero-order valence-corrected chi connectivity index (χ0v) is 20.7. The molecule has 0 saturated carbocycles. The second-order valence-electron chi connectivity index (χ2n) is 9.42. The van der Waals surface area contributed by atoms with Crippen molar-refractivity contribution in [3.63, 3.8) is 0 Å². The van der Waals surface area contributed by atoms with Gasteiger partial charge in [0, 0.05) is 19.0 Å². The fraction of sp³-hybridized carbons (Fsp3) is 0.481. The zero-order valence-electron chi connectivity index (χ0n) is 20.7. The maximum Gasteiger partial charge on any atom is 0.315 e. The Morgan fingerprint density at radius 2 is 1.80 bits per heavy atom. The molecule has 0 radical (unpaired) electrons. The van der Waals surface area contributed by atoms with Crippen LogP contribution in [0.15, 0.2) is 54.6 Å². The highest BCUT2D eigenvalue weighted by Gasteiger charge is 2.35. The summed E-state index contributed by atoms with van der Waals surface area (Å²) in [7, 11) is 1.90. The van der Waals surface area contributed by atoms with E-state index in [-0.39, 0.29) is 18.9 Å². The van der Waals surface area contributed by atoms with Gasteiger partial charge in [-0.3, -0.25) is 4.79 Å². The molecule has 1 heterocycles. The Morgan fingerprint density at radius 3 is 2.46 bits per heavy atom. The van der Waals surface area contributed by atoms with Gasteiger partial charge in [-0.15, -0.1) is 0 Å².